The van der Waals surface area contributed by atoms with E-state index in [1.165, 1.54) is 4.90 Å². The maximum atomic E-state index is 13.6. The minimum atomic E-state index is -0.300. The highest BCUT2D eigenvalue weighted by atomic mass is 16.5. The second kappa shape index (κ2) is 9.43. The molecule has 2 amide bonds. The van der Waals surface area contributed by atoms with Gasteiger partial charge in [-0.05, 0) is 42.0 Å². The van der Waals surface area contributed by atoms with E-state index in [4.69, 9.17) is 4.74 Å². The highest BCUT2D eigenvalue weighted by molar-refractivity contribution is 6.50. The predicted molar refractivity (Wildman–Crippen MR) is 157 cm³/mol. The van der Waals surface area contributed by atoms with Crippen molar-refractivity contribution in [1.82, 2.24) is 14.5 Å². The number of nitrogens with one attached hydrogen (secondary N) is 1. The van der Waals surface area contributed by atoms with E-state index in [0.717, 1.165) is 50.0 Å². The molecule has 0 saturated heterocycles. The predicted octanol–water partition coefficient (Wildman–Crippen LogP) is 6.87. The number of rotatable bonds is 6. The van der Waals surface area contributed by atoms with Crippen LogP contribution in [0.1, 0.15) is 16.7 Å². The molecule has 4 aromatic carbocycles. The molecule has 3 heterocycles. The number of aromatic amines is 1. The number of aromatic nitrogens is 2. The lowest BCUT2D eigenvalue weighted by Crippen LogP contribution is -2.26. The minimum absolute atomic E-state index is 0.299. The molecule has 194 valence electrons. The fourth-order valence-corrected chi connectivity index (χ4v) is 5.53. The Morgan fingerprint density at radius 3 is 2.20 bits per heavy atom. The maximum absolute atomic E-state index is 13.6. The fourth-order valence-electron chi connectivity index (χ4n) is 5.53. The van der Waals surface area contributed by atoms with Gasteiger partial charge in [0, 0.05) is 58.9 Å². The Hall–Kier alpha value is -5.36. The molecule has 1 aliphatic heterocycles. The van der Waals surface area contributed by atoms with Crippen LogP contribution in [0.3, 0.4) is 0 Å². The van der Waals surface area contributed by atoms with Gasteiger partial charge in [0.1, 0.15) is 11.5 Å². The van der Waals surface area contributed by atoms with Gasteiger partial charge in [0.15, 0.2) is 0 Å². The lowest BCUT2D eigenvalue weighted by molar-refractivity contribution is -0.134. The summed E-state index contributed by atoms with van der Waals surface area (Å²) in [5.74, 6) is 0.931. The molecule has 6 heteroatoms. The number of nitrogens with zero attached hydrogens (tertiary/aromatic N) is 2. The van der Waals surface area contributed by atoms with Crippen molar-refractivity contribution in [1.29, 1.82) is 0 Å². The van der Waals surface area contributed by atoms with Crippen LogP contribution in [0, 0.1) is 0 Å². The van der Waals surface area contributed by atoms with Crippen molar-refractivity contribution in [2.75, 3.05) is 7.05 Å². The summed E-state index contributed by atoms with van der Waals surface area (Å²) in [6, 6.07) is 33.5. The van der Waals surface area contributed by atoms with Crippen LogP contribution in [-0.2, 0) is 16.1 Å². The summed E-state index contributed by atoms with van der Waals surface area (Å²) >= 11 is 0. The molecule has 0 spiro atoms. The van der Waals surface area contributed by atoms with Gasteiger partial charge in [0.2, 0.25) is 0 Å². The van der Waals surface area contributed by atoms with Gasteiger partial charge in [-0.15, -0.1) is 0 Å². The van der Waals surface area contributed by atoms with Gasteiger partial charge in [-0.1, -0.05) is 66.7 Å². The van der Waals surface area contributed by atoms with Gasteiger partial charge in [-0.2, -0.15) is 0 Å². The molecule has 0 bridgehead atoms. The molecule has 0 unspecified atom stereocenters. The summed E-state index contributed by atoms with van der Waals surface area (Å²) in [7, 11) is 1.55. The summed E-state index contributed by atoms with van der Waals surface area (Å²) in [6.45, 7) is 0.570. The molecule has 40 heavy (non-hydrogen) atoms. The SMILES string of the molecule is CN1C(=O)C(c2c[nH]c3ccccc23)=C(c2cn(Cc3cccc(Oc4ccccc4)c3)c3ccccc23)C1=O. The van der Waals surface area contributed by atoms with Crippen molar-refractivity contribution in [3.05, 3.63) is 132 Å². The molecule has 1 N–H and O–H groups in total. The summed E-state index contributed by atoms with van der Waals surface area (Å²) in [6.07, 6.45) is 3.81. The standard InChI is InChI=1S/C34H25N3O3/c1-36-33(38)31(27-19-35-29-16-7-5-14-25(27)29)32(34(36)39)28-21-37(30-17-8-6-15-26(28)30)20-22-10-9-13-24(18-22)40-23-11-3-2-4-12-23/h2-19,21,35H,20H2,1H3. The van der Waals surface area contributed by atoms with Crippen LogP contribution in [0.15, 0.2) is 116 Å². The summed E-state index contributed by atoms with van der Waals surface area (Å²) in [5, 5.41) is 1.83. The Kier molecular flexibility index (Phi) is 5.60. The number of carbonyl (C=O) groups excluding carboxylic acids is 2. The number of benzene rings is 4. The molecule has 6 aromatic rings. The zero-order valence-electron chi connectivity index (χ0n) is 21.8. The first-order valence-corrected chi connectivity index (χ1v) is 13.1. The highest BCUT2D eigenvalue weighted by Gasteiger charge is 2.39. The Morgan fingerprint density at radius 2 is 1.38 bits per heavy atom. The second-order valence-electron chi connectivity index (χ2n) is 9.92. The number of imide groups is 1. The average molecular weight is 524 g/mol. The molecule has 2 aromatic heterocycles. The van der Waals surface area contributed by atoms with Crippen molar-refractivity contribution in [2.45, 2.75) is 6.54 Å². The minimum Gasteiger partial charge on any atom is -0.457 e. The van der Waals surface area contributed by atoms with Crippen LogP contribution in [0.25, 0.3) is 33.0 Å². The molecule has 0 aliphatic carbocycles. The van der Waals surface area contributed by atoms with Crippen LogP contribution in [0.5, 0.6) is 11.5 Å². The molecule has 7 rings (SSSR count). The molecule has 0 saturated carbocycles. The van der Waals surface area contributed by atoms with Gasteiger partial charge in [0.05, 0.1) is 11.1 Å². The quantitative estimate of drug-likeness (QED) is 0.242. The van der Waals surface area contributed by atoms with Crippen molar-refractivity contribution in [3.63, 3.8) is 0 Å². The van der Waals surface area contributed by atoms with Crippen LogP contribution in [0.2, 0.25) is 0 Å². The van der Waals surface area contributed by atoms with Crippen LogP contribution in [-0.4, -0.2) is 33.3 Å². The van der Waals surface area contributed by atoms with E-state index in [0.29, 0.717) is 17.7 Å². The Morgan fingerprint density at radius 1 is 0.700 bits per heavy atom. The molecular formula is C34H25N3O3. The van der Waals surface area contributed by atoms with Crippen molar-refractivity contribution < 1.29 is 14.3 Å². The van der Waals surface area contributed by atoms with Crippen LogP contribution >= 0.6 is 0 Å². The second-order valence-corrected chi connectivity index (χ2v) is 9.92. The summed E-state index contributed by atoms with van der Waals surface area (Å²) in [4.78, 5) is 31.5. The lowest BCUT2D eigenvalue weighted by Gasteiger charge is -2.09. The van der Waals surface area contributed by atoms with Gasteiger partial charge in [-0.25, -0.2) is 0 Å². The monoisotopic (exact) mass is 523 g/mol. The summed E-state index contributed by atoms with van der Waals surface area (Å²) in [5.41, 5.74) is 5.27. The number of hydrogen-bond donors (Lipinski definition) is 1. The summed E-state index contributed by atoms with van der Waals surface area (Å²) < 4.78 is 8.18. The fraction of sp³-hybridized carbons (Fsp3) is 0.0588. The third-order valence-electron chi connectivity index (χ3n) is 7.43. The molecule has 0 fully saturated rings. The smallest absolute Gasteiger partial charge is 0.261 e. The van der Waals surface area contributed by atoms with Gasteiger partial charge in [0.25, 0.3) is 11.8 Å². The number of ether oxygens (including phenoxy) is 1. The largest absolute Gasteiger partial charge is 0.457 e. The van der Waals surface area contributed by atoms with E-state index in [-0.39, 0.29) is 11.8 Å². The molecular weight excluding hydrogens is 498 g/mol. The van der Waals surface area contributed by atoms with E-state index in [1.54, 1.807) is 7.05 Å². The van der Waals surface area contributed by atoms with Crippen LogP contribution < -0.4 is 4.74 Å². The van der Waals surface area contributed by atoms with Gasteiger partial charge < -0.3 is 14.3 Å². The zero-order chi connectivity index (χ0) is 27.2. The highest BCUT2D eigenvalue weighted by Crippen LogP contribution is 2.41. The Bertz CT molecular complexity index is 1960. The van der Waals surface area contributed by atoms with E-state index in [1.807, 2.05) is 109 Å². The van der Waals surface area contributed by atoms with Gasteiger partial charge in [-0.3, -0.25) is 14.5 Å². The third kappa shape index (κ3) is 3.89. The first-order chi connectivity index (χ1) is 19.6. The number of fused-ring (bicyclic) bond motifs is 2. The van der Waals surface area contributed by atoms with Gasteiger partial charge >= 0.3 is 0 Å². The number of amides is 2. The first-order valence-electron chi connectivity index (χ1n) is 13.1. The van der Waals surface area contributed by atoms with Crippen LogP contribution in [0.4, 0.5) is 0 Å². The number of hydrogen-bond acceptors (Lipinski definition) is 3. The number of H-pyrrole nitrogens is 1. The van der Waals surface area contributed by atoms with Crippen molar-refractivity contribution in [3.8, 4) is 11.5 Å². The maximum Gasteiger partial charge on any atom is 0.261 e. The molecule has 6 nitrogen and oxygen atoms in total. The Balaban J connectivity index is 1.34. The number of para-hydroxylation sites is 3. The van der Waals surface area contributed by atoms with Crippen molar-refractivity contribution in [2.24, 2.45) is 0 Å². The third-order valence-corrected chi connectivity index (χ3v) is 7.43. The molecule has 0 atom stereocenters. The first kappa shape index (κ1) is 23.7. The average Bonchev–Trinajstić information content (AvgIpc) is 3.63. The van der Waals surface area contributed by atoms with E-state index >= 15 is 0 Å². The zero-order valence-corrected chi connectivity index (χ0v) is 21.8. The topological polar surface area (TPSA) is 67.3 Å². The van der Waals surface area contributed by atoms with E-state index in [9.17, 15) is 9.59 Å². The van der Waals surface area contributed by atoms with E-state index in [2.05, 4.69) is 15.6 Å². The molecule has 1 aliphatic rings. The Labute approximate surface area is 230 Å². The molecule has 0 radical (unpaired) electrons. The lowest BCUT2D eigenvalue weighted by atomic mass is 9.95. The van der Waals surface area contributed by atoms with Crippen molar-refractivity contribution >= 4 is 44.8 Å². The number of carbonyl (C=O) groups is 2. The number of likely N-dealkylation sites (N-methyl/N-ethyl adjacent to an activating group) is 1. The van der Waals surface area contributed by atoms with E-state index < -0.39 is 0 Å². The normalized spacial score (nSPS) is 13.7.